The van der Waals surface area contributed by atoms with Crippen LogP contribution in [-0.2, 0) is 22.4 Å². The summed E-state index contributed by atoms with van der Waals surface area (Å²) in [5, 5.41) is 25.2. The number of hydrazine groups is 1. The lowest BCUT2D eigenvalue weighted by Gasteiger charge is -2.05. The van der Waals surface area contributed by atoms with Gasteiger partial charge >= 0.3 is 0 Å². The molecule has 0 aliphatic carbocycles. The normalized spacial score (nSPS) is 11.2. The maximum Gasteiger partial charge on any atom is 0.244 e. The first-order chi connectivity index (χ1) is 18.4. The van der Waals surface area contributed by atoms with Gasteiger partial charge in [0.2, 0.25) is 11.8 Å². The Morgan fingerprint density at radius 3 is 1.95 bits per heavy atom. The lowest BCUT2D eigenvalue weighted by atomic mass is 10.1. The molecule has 2 amide bonds. The van der Waals surface area contributed by atoms with Crippen LogP contribution in [0.2, 0.25) is 0 Å². The number of fused-ring (bicyclic) bond motifs is 2. The molecule has 38 heavy (non-hydrogen) atoms. The van der Waals surface area contributed by atoms with Gasteiger partial charge in [-0.1, -0.05) is 36.4 Å². The molecule has 194 valence electrons. The summed E-state index contributed by atoms with van der Waals surface area (Å²) in [6.07, 6.45) is 4.15. The van der Waals surface area contributed by atoms with Gasteiger partial charge in [-0.05, 0) is 42.3 Å². The molecule has 0 aliphatic rings. The number of phenols is 2. The third-order valence-corrected chi connectivity index (χ3v) is 5.93. The fourth-order valence-electron chi connectivity index (χ4n) is 4.02. The number of nitrogens with two attached hydrogens (primary N) is 1. The predicted octanol–water partition coefficient (Wildman–Crippen LogP) is 3.36. The molecule has 5 rings (SSSR count). The van der Waals surface area contributed by atoms with Gasteiger partial charge in [0.15, 0.2) is 0 Å². The van der Waals surface area contributed by atoms with Crippen molar-refractivity contribution in [2.24, 2.45) is 10.9 Å². The SMILES string of the molecule is C/C(=N\NC(=O)Cc1c[nH]c2ccccc12)c1ccc(O)cc1O.NNC(=O)Cc1c[nH]c2ccccc12. The van der Waals surface area contributed by atoms with Crippen molar-refractivity contribution < 1.29 is 19.8 Å². The van der Waals surface area contributed by atoms with Crippen LogP contribution in [0.25, 0.3) is 21.8 Å². The fraction of sp³-hybridized carbons (Fsp3) is 0.107. The Labute approximate surface area is 218 Å². The molecule has 0 spiro atoms. The van der Waals surface area contributed by atoms with Crippen LogP contribution in [0.4, 0.5) is 0 Å². The second-order valence-corrected chi connectivity index (χ2v) is 8.57. The van der Waals surface area contributed by atoms with Gasteiger partial charge in [0.1, 0.15) is 11.5 Å². The number of aromatic hydroxyl groups is 2. The number of amides is 2. The molecule has 0 unspecified atom stereocenters. The van der Waals surface area contributed by atoms with Crippen molar-refractivity contribution in [1.29, 1.82) is 0 Å². The van der Waals surface area contributed by atoms with Crippen LogP contribution in [-0.4, -0.2) is 37.7 Å². The predicted molar refractivity (Wildman–Crippen MR) is 146 cm³/mol. The highest BCUT2D eigenvalue weighted by atomic mass is 16.3. The molecule has 5 aromatic rings. The molecule has 8 N–H and O–H groups in total. The largest absolute Gasteiger partial charge is 0.508 e. The molecule has 0 radical (unpaired) electrons. The van der Waals surface area contributed by atoms with Crippen molar-refractivity contribution in [3.05, 3.63) is 95.8 Å². The van der Waals surface area contributed by atoms with Crippen LogP contribution < -0.4 is 16.7 Å². The van der Waals surface area contributed by atoms with Crippen LogP contribution in [0.5, 0.6) is 11.5 Å². The summed E-state index contributed by atoms with van der Waals surface area (Å²) >= 11 is 0. The molecule has 10 heteroatoms. The first-order valence-electron chi connectivity index (χ1n) is 11.8. The summed E-state index contributed by atoms with van der Waals surface area (Å²) in [6, 6.07) is 19.8. The molecule has 3 aromatic carbocycles. The van der Waals surface area contributed by atoms with Gasteiger partial charge in [-0.25, -0.2) is 11.3 Å². The van der Waals surface area contributed by atoms with Gasteiger partial charge in [0.25, 0.3) is 0 Å². The second kappa shape index (κ2) is 11.8. The highest BCUT2D eigenvalue weighted by molar-refractivity contribution is 6.01. The van der Waals surface area contributed by atoms with E-state index in [2.05, 4.69) is 25.9 Å². The number of hydrogen-bond acceptors (Lipinski definition) is 6. The highest BCUT2D eigenvalue weighted by Crippen LogP contribution is 2.23. The number of hydrogen-bond donors (Lipinski definition) is 7. The number of aromatic amines is 2. The summed E-state index contributed by atoms with van der Waals surface area (Å²) in [5.74, 6) is 4.46. The Bertz CT molecular complexity index is 1620. The number of rotatable bonds is 6. The van der Waals surface area contributed by atoms with Crippen LogP contribution in [0.15, 0.2) is 84.2 Å². The number of phenolic OH excluding ortho intramolecular Hbond substituents is 2. The zero-order valence-electron chi connectivity index (χ0n) is 20.7. The molecular formula is C28H28N6O4. The fourth-order valence-corrected chi connectivity index (χ4v) is 4.02. The molecule has 10 nitrogen and oxygen atoms in total. The monoisotopic (exact) mass is 512 g/mol. The number of benzene rings is 3. The van der Waals surface area contributed by atoms with E-state index < -0.39 is 0 Å². The minimum atomic E-state index is -0.252. The maximum atomic E-state index is 12.1. The average Bonchev–Trinajstić information content (AvgIpc) is 3.52. The summed E-state index contributed by atoms with van der Waals surface area (Å²) in [4.78, 5) is 29.4. The third-order valence-electron chi connectivity index (χ3n) is 5.93. The molecule has 0 saturated carbocycles. The summed E-state index contributed by atoms with van der Waals surface area (Å²) < 4.78 is 0. The minimum Gasteiger partial charge on any atom is -0.508 e. The third kappa shape index (κ3) is 6.18. The summed E-state index contributed by atoms with van der Waals surface area (Å²) in [5.41, 5.74) is 9.36. The standard InChI is InChI=1S/C18H17N3O3.C10H11N3O/c1-11(14-7-6-13(22)9-17(14)23)20-21-18(24)8-12-10-19-16-5-3-2-4-15(12)16;11-13-10(14)5-7-6-12-9-4-2-1-3-8(7)9/h2-7,9-10,19,22-23H,8H2,1H3,(H,21,24);1-4,6,12H,5,11H2,(H,13,14)/b20-11+;. The molecule has 2 aromatic heterocycles. The van der Waals surface area contributed by atoms with E-state index in [1.807, 2.05) is 60.9 Å². The lowest BCUT2D eigenvalue weighted by Crippen LogP contribution is -2.31. The number of nitrogens with one attached hydrogen (secondary N) is 4. The number of aromatic nitrogens is 2. The van der Waals surface area contributed by atoms with Gasteiger partial charge in [0.05, 0.1) is 18.6 Å². The summed E-state index contributed by atoms with van der Waals surface area (Å²) in [6.45, 7) is 1.66. The molecule has 0 fully saturated rings. The van der Waals surface area contributed by atoms with E-state index in [9.17, 15) is 19.8 Å². The van der Waals surface area contributed by atoms with Crippen LogP contribution >= 0.6 is 0 Å². The molecule has 0 aliphatic heterocycles. The van der Waals surface area contributed by atoms with Gasteiger partial charge in [0, 0.05) is 45.8 Å². The van der Waals surface area contributed by atoms with E-state index in [0.717, 1.165) is 32.9 Å². The zero-order valence-corrected chi connectivity index (χ0v) is 20.7. The average molecular weight is 513 g/mol. The van der Waals surface area contributed by atoms with Crippen molar-refractivity contribution in [2.75, 3.05) is 0 Å². The first-order valence-corrected chi connectivity index (χ1v) is 11.8. The van der Waals surface area contributed by atoms with Crippen molar-refractivity contribution >= 4 is 39.3 Å². The van der Waals surface area contributed by atoms with E-state index in [1.165, 1.54) is 18.2 Å². The minimum absolute atomic E-state index is 0.0348. The van der Waals surface area contributed by atoms with Crippen molar-refractivity contribution in [2.45, 2.75) is 19.8 Å². The topological polar surface area (TPSA) is 169 Å². The van der Waals surface area contributed by atoms with Gasteiger partial charge in [-0.15, -0.1) is 0 Å². The Morgan fingerprint density at radius 2 is 1.39 bits per heavy atom. The number of hydrazone groups is 1. The molecule has 2 heterocycles. The van der Waals surface area contributed by atoms with Crippen molar-refractivity contribution in [3.8, 4) is 11.5 Å². The molecule has 0 atom stereocenters. The Balaban J connectivity index is 0.000000204. The van der Waals surface area contributed by atoms with Crippen molar-refractivity contribution in [3.63, 3.8) is 0 Å². The van der Waals surface area contributed by atoms with Crippen molar-refractivity contribution in [1.82, 2.24) is 20.8 Å². The number of carbonyl (C=O) groups is 2. The van der Waals surface area contributed by atoms with E-state index in [4.69, 9.17) is 5.84 Å². The number of para-hydroxylation sites is 2. The number of nitrogens with zero attached hydrogens (tertiary/aromatic N) is 1. The van der Waals surface area contributed by atoms with Crippen LogP contribution in [0.1, 0.15) is 23.6 Å². The molecule has 0 bridgehead atoms. The van der Waals surface area contributed by atoms with Gasteiger partial charge < -0.3 is 20.2 Å². The van der Waals surface area contributed by atoms with E-state index >= 15 is 0 Å². The Morgan fingerprint density at radius 1 is 0.842 bits per heavy atom. The molecule has 0 saturated heterocycles. The highest BCUT2D eigenvalue weighted by Gasteiger charge is 2.10. The number of H-pyrrole nitrogens is 2. The van der Waals surface area contributed by atoms with E-state index in [0.29, 0.717) is 17.7 Å². The van der Waals surface area contributed by atoms with Gasteiger partial charge in [-0.2, -0.15) is 5.10 Å². The second-order valence-electron chi connectivity index (χ2n) is 8.57. The zero-order chi connectivity index (χ0) is 27.1. The Kier molecular flexibility index (Phi) is 8.04. The first kappa shape index (κ1) is 26.0. The van der Waals surface area contributed by atoms with Crippen LogP contribution in [0, 0.1) is 0 Å². The van der Waals surface area contributed by atoms with Crippen LogP contribution in [0.3, 0.4) is 0 Å². The van der Waals surface area contributed by atoms with Gasteiger partial charge in [-0.3, -0.25) is 15.0 Å². The van der Waals surface area contributed by atoms with E-state index in [1.54, 1.807) is 6.92 Å². The Hall–Kier alpha value is -5.09. The summed E-state index contributed by atoms with van der Waals surface area (Å²) in [7, 11) is 0. The smallest absolute Gasteiger partial charge is 0.244 e. The lowest BCUT2D eigenvalue weighted by molar-refractivity contribution is -0.121. The molecular weight excluding hydrogens is 484 g/mol. The quantitative estimate of drug-likeness (QED) is 0.0800. The maximum absolute atomic E-state index is 12.1. The van der Waals surface area contributed by atoms with E-state index in [-0.39, 0.29) is 29.7 Å². The number of carbonyl (C=O) groups excluding carboxylic acids is 2.